The average molecular weight is 562 g/mol. The van der Waals surface area contributed by atoms with Crippen molar-refractivity contribution in [3.63, 3.8) is 0 Å². The SMILES string of the molecule is NC(=NCCC[C@H](N)C(=O)N(CCc1c[nH]c2ccccc12)CC(=O)NCCc1c[nH]c2ccccc12)N[N+](=O)[O-]. The van der Waals surface area contributed by atoms with Gasteiger partial charge in [0.05, 0.1) is 12.6 Å². The highest BCUT2D eigenvalue weighted by molar-refractivity contribution is 5.88. The summed E-state index contributed by atoms with van der Waals surface area (Å²) in [5.41, 5.74) is 17.6. The van der Waals surface area contributed by atoms with E-state index >= 15 is 0 Å². The Morgan fingerprint density at radius 3 is 2.24 bits per heavy atom. The number of nitrogens with zero attached hydrogens (tertiary/aromatic N) is 3. The number of nitrogens with one attached hydrogen (secondary N) is 4. The van der Waals surface area contributed by atoms with Gasteiger partial charge in [-0.2, -0.15) is 0 Å². The summed E-state index contributed by atoms with van der Waals surface area (Å²) in [6.07, 6.45) is 5.71. The number of amides is 2. The van der Waals surface area contributed by atoms with E-state index < -0.39 is 11.1 Å². The molecule has 0 bridgehead atoms. The summed E-state index contributed by atoms with van der Waals surface area (Å²) in [5.74, 6) is -0.941. The third kappa shape index (κ3) is 8.05. The highest BCUT2D eigenvalue weighted by atomic mass is 16.7. The van der Waals surface area contributed by atoms with E-state index in [2.05, 4.69) is 20.3 Å². The Kier molecular flexibility index (Phi) is 9.89. The highest BCUT2D eigenvalue weighted by Gasteiger charge is 2.23. The molecule has 13 heteroatoms. The fourth-order valence-electron chi connectivity index (χ4n) is 4.76. The van der Waals surface area contributed by atoms with Crippen LogP contribution in [0.3, 0.4) is 0 Å². The van der Waals surface area contributed by atoms with Gasteiger partial charge in [0.25, 0.3) is 5.96 Å². The second-order valence-corrected chi connectivity index (χ2v) is 9.71. The lowest BCUT2D eigenvalue weighted by molar-refractivity contribution is -0.525. The molecule has 2 aromatic carbocycles. The molecule has 0 unspecified atom stereocenters. The third-order valence-electron chi connectivity index (χ3n) is 6.84. The van der Waals surface area contributed by atoms with Crippen molar-refractivity contribution in [1.29, 1.82) is 0 Å². The Balaban J connectivity index is 1.35. The van der Waals surface area contributed by atoms with Crippen molar-refractivity contribution in [2.45, 2.75) is 31.7 Å². The second-order valence-electron chi connectivity index (χ2n) is 9.71. The summed E-state index contributed by atoms with van der Waals surface area (Å²) in [5, 5.41) is 14.7. The fourth-order valence-corrected chi connectivity index (χ4v) is 4.76. The van der Waals surface area contributed by atoms with E-state index in [0.29, 0.717) is 32.4 Å². The van der Waals surface area contributed by atoms with Crippen molar-refractivity contribution in [2.75, 3.05) is 26.2 Å². The molecule has 0 saturated heterocycles. The fraction of sp³-hybridized carbons (Fsp3) is 0.321. The predicted molar refractivity (Wildman–Crippen MR) is 157 cm³/mol. The minimum Gasteiger partial charge on any atom is -0.365 e. The van der Waals surface area contributed by atoms with Crippen LogP contribution in [0.4, 0.5) is 0 Å². The lowest BCUT2D eigenvalue weighted by Crippen LogP contribution is -2.48. The smallest absolute Gasteiger partial charge is 0.251 e. The summed E-state index contributed by atoms with van der Waals surface area (Å²) < 4.78 is 0. The van der Waals surface area contributed by atoms with Gasteiger partial charge in [-0.3, -0.25) is 9.59 Å². The molecule has 0 aliphatic carbocycles. The number of para-hydroxylation sites is 2. The lowest BCUT2D eigenvalue weighted by Gasteiger charge is -2.25. The molecular formula is C28H35N9O4. The molecule has 4 aromatic rings. The number of H-pyrrole nitrogens is 2. The number of benzene rings is 2. The molecule has 2 heterocycles. The normalized spacial score (nSPS) is 12.4. The van der Waals surface area contributed by atoms with Gasteiger partial charge in [0.15, 0.2) is 5.03 Å². The van der Waals surface area contributed by atoms with Crippen molar-refractivity contribution in [3.05, 3.63) is 82.2 Å². The number of nitrogens with two attached hydrogens (primary N) is 2. The van der Waals surface area contributed by atoms with Gasteiger partial charge in [-0.05, 0) is 48.9 Å². The molecule has 0 radical (unpaired) electrons. The minimum absolute atomic E-state index is 0.124. The Morgan fingerprint density at radius 1 is 1.00 bits per heavy atom. The van der Waals surface area contributed by atoms with Crippen LogP contribution in [0.5, 0.6) is 0 Å². The zero-order valence-electron chi connectivity index (χ0n) is 22.6. The number of carbonyl (C=O) groups is 2. The molecule has 0 saturated carbocycles. The van der Waals surface area contributed by atoms with Gasteiger partial charge in [0.2, 0.25) is 11.8 Å². The van der Waals surface area contributed by atoms with Gasteiger partial charge in [-0.25, -0.2) is 15.1 Å². The molecule has 216 valence electrons. The predicted octanol–water partition coefficient (Wildman–Crippen LogP) is 1.58. The quantitative estimate of drug-likeness (QED) is 0.0441. The number of aliphatic imine (C=N–C) groups is 1. The van der Waals surface area contributed by atoms with E-state index in [0.717, 1.165) is 32.9 Å². The molecule has 0 aliphatic rings. The van der Waals surface area contributed by atoms with Crippen LogP contribution in [0, 0.1) is 10.1 Å². The van der Waals surface area contributed by atoms with Crippen LogP contribution in [0.25, 0.3) is 21.8 Å². The van der Waals surface area contributed by atoms with Gasteiger partial charge in [0.1, 0.15) is 0 Å². The van der Waals surface area contributed by atoms with Gasteiger partial charge >= 0.3 is 0 Å². The average Bonchev–Trinajstić information content (AvgIpc) is 3.56. The van der Waals surface area contributed by atoms with Gasteiger partial charge in [0, 0.05) is 53.8 Å². The van der Waals surface area contributed by atoms with Crippen LogP contribution < -0.4 is 22.2 Å². The van der Waals surface area contributed by atoms with Gasteiger partial charge in [-0.1, -0.05) is 41.8 Å². The number of aromatic amines is 2. The largest absolute Gasteiger partial charge is 0.365 e. The maximum absolute atomic E-state index is 13.3. The first-order chi connectivity index (χ1) is 19.8. The number of carbonyl (C=O) groups excluding carboxylic acids is 2. The number of hydrogen-bond acceptors (Lipinski definition) is 6. The molecule has 0 spiro atoms. The standard InChI is InChI=1S/C28H35N9O4/c29-23(8-5-13-32-28(30)35-37(40)41)27(39)36(15-12-20-17-34-25-10-4-2-7-22(20)25)18-26(38)31-14-11-19-16-33-24-9-3-1-6-21(19)24/h1-4,6-7,9-10,16-17,23,33-34H,5,8,11-15,18,29H2,(H,31,38)(H3,30,32,35)/t23-/m0/s1. The van der Waals surface area contributed by atoms with Crippen LogP contribution in [0.2, 0.25) is 0 Å². The van der Waals surface area contributed by atoms with Crippen LogP contribution in [-0.4, -0.2) is 69.9 Å². The number of fused-ring (bicyclic) bond motifs is 2. The summed E-state index contributed by atoms with van der Waals surface area (Å²) in [4.78, 5) is 48.5. The molecule has 41 heavy (non-hydrogen) atoms. The Hall–Kier alpha value is -4.91. The zero-order chi connectivity index (χ0) is 29.2. The molecule has 0 fully saturated rings. The number of hydrazine groups is 1. The monoisotopic (exact) mass is 561 g/mol. The van der Waals surface area contributed by atoms with Gasteiger partial charge in [-0.15, -0.1) is 0 Å². The topological polar surface area (TPSA) is 201 Å². The molecule has 2 aromatic heterocycles. The Labute approximate surface area is 236 Å². The van der Waals surface area contributed by atoms with Crippen LogP contribution in [0.15, 0.2) is 65.9 Å². The van der Waals surface area contributed by atoms with E-state index in [1.165, 1.54) is 4.90 Å². The first-order valence-electron chi connectivity index (χ1n) is 13.4. The Morgan fingerprint density at radius 2 is 1.61 bits per heavy atom. The van der Waals surface area contributed by atoms with Crippen molar-refractivity contribution in [3.8, 4) is 0 Å². The van der Waals surface area contributed by atoms with E-state index in [1.807, 2.05) is 60.9 Å². The van der Waals surface area contributed by atoms with Crippen molar-refractivity contribution in [1.82, 2.24) is 25.6 Å². The summed E-state index contributed by atoms with van der Waals surface area (Å²) in [6.45, 7) is 0.773. The molecule has 8 N–H and O–H groups in total. The number of hydrogen-bond donors (Lipinski definition) is 6. The van der Waals surface area contributed by atoms with Gasteiger partial charge < -0.3 is 31.7 Å². The number of guanidine groups is 1. The minimum atomic E-state index is -0.864. The molecule has 2 amide bonds. The third-order valence-corrected chi connectivity index (χ3v) is 6.84. The van der Waals surface area contributed by atoms with Crippen LogP contribution in [-0.2, 0) is 22.4 Å². The molecule has 0 aliphatic heterocycles. The molecule has 4 rings (SSSR count). The second kappa shape index (κ2) is 13.9. The molecular weight excluding hydrogens is 526 g/mol. The van der Waals surface area contributed by atoms with E-state index in [-0.39, 0.29) is 37.3 Å². The van der Waals surface area contributed by atoms with Crippen LogP contribution in [0.1, 0.15) is 24.0 Å². The summed E-state index contributed by atoms with van der Waals surface area (Å²) in [7, 11) is 0. The zero-order valence-corrected chi connectivity index (χ0v) is 22.6. The molecule has 1 atom stereocenters. The maximum Gasteiger partial charge on any atom is 0.251 e. The number of nitro groups is 1. The summed E-state index contributed by atoms with van der Waals surface area (Å²) in [6, 6.07) is 15.0. The van der Waals surface area contributed by atoms with Crippen molar-refractivity contribution < 1.29 is 14.6 Å². The number of aromatic nitrogens is 2. The van der Waals surface area contributed by atoms with Crippen molar-refractivity contribution in [2.24, 2.45) is 16.5 Å². The first kappa shape index (κ1) is 29.1. The van der Waals surface area contributed by atoms with Crippen LogP contribution >= 0.6 is 0 Å². The maximum atomic E-state index is 13.3. The first-order valence-corrected chi connectivity index (χ1v) is 13.4. The summed E-state index contributed by atoms with van der Waals surface area (Å²) >= 11 is 0. The Bertz CT molecular complexity index is 1530. The lowest BCUT2D eigenvalue weighted by atomic mass is 10.1. The van der Waals surface area contributed by atoms with E-state index in [9.17, 15) is 19.7 Å². The molecule has 13 nitrogen and oxygen atoms in total. The highest BCUT2D eigenvalue weighted by Crippen LogP contribution is 2.19. The van der Waals surface area contributed by atoms with Crippen molar-refractivity contribution >= 4 is 39.6 Å². The number of rotatable bonds is 14. The van der Waals surface area contributed by atoms with E-state index in [1.54, 1.807) is 5.43 Å². The van der Waals surface area contributed by atoms with E-state index in [4.69, 9.17) is 11.5 Å².